The van der Waals surface area contributed by atoms with E-state index in [-0.39, 0.29) is 18.9 Å². The highest BCUT2D eigenvalue weighted by molar-refractivity contribution is 7.22. The average Bonchev–Trinajstić information content (AvgIpc) is 3.27. The highest BCUT2D eigenvalue weighted by atomic mass is 32.1. The second-order valence-electron chi connectivity index (χ2n) is 6.55. The van der Waals surface area contributed by atoms with Crippen LogP contribution in [0.4, 0.5) is 5.13 Å². The minimum absolute atomic E-state index is 0.145. The van der Waals surface area contributed by atoms with E-state index >= 15 is 0 Å². The van der Waals surface area contributed by atoms with Crippen molar-refractivity contribution in [2.45, 2.75) is 19.9 Å². The third kappa shape index (κ3) is 2.91. The molecule has 0 aliphatic heterocycles. The minimum atomic E-state index is -0.438. The Bertz CT molecular complexity index is 1340. The van der Waals surface area contributed by atoms with Gasteiger partial charge in [0.25, 0.3) is 5.56 Å². The quantitative estimate of drug-likeness (QED) is 0.559. The van der Waals surface area contributed by atoms with Crippen LogP contribution < -0.4 is 16.6 Å². The Morgan fingerprint density at radius 2 is 2.00 bits per heavy atom. The second kappa shape index (κ2) is 6.71. The molecule has 1 N–H and O–H groups in total. The van der Waals surface area contributed by atoms with E-state index in [0.29, 0.717) is 16.3 Å². The summed E-state index contributed by atoms with van der Waals surface area (Å²) in [5, 5.41) is 3.36. The number of fused-ring (bicyclic) bond motifs is 2. The van der Waals surface area contributed by atoms with Crippen LogP contribution in [0, 0.1) is 6.92 Å². The maximum atomic E-state index is 12.4. The van der Waals surface area contributed by atoms with Gasteiger partial charge in [-0.3, -0.25) is 18.7 Å². The minimum Gasteiger partial charge on any atom is -0.324 e. The molecule has 0 radical (unpaired) electrons. The normalized spacial score (nSPS) is 11.4. The molecule has 0 spiro atoms. The fourth-order valence-corrected chi connectivity index (χ4v) is 4.07. The van der Waals surface area contributed by atoms with Gasteiger partial charge in [-0.15, -0.1) is 0 Å². The topological polar surface area (TPSA) is 104 Å². The van der Waals surface area contributed by atoms with Crippen LogP contribution in [0.15, 0.2) is 34.1 Å². The van der Waals surface area contributed by atoms with Gasteiger partial charge in [-0.25, -0.2) is 14.8 Å². The molecule has 0 unspecified atom stereocenters. The van der Waals surface area contributed by atoms with E-state index in [0.717, 1.165) is 20.3 Å². The molecule has 0 bridgehead atoms. The Balaban J connectivity index is 1.54. The summed E-state index contributed by atoms with van der Waals surface area (Å²) >= 11 is 1.42. The number of nitrogens with zero attached hydrogens (tertiary/aromatic N) is 5. The monoisotopic (exact) mass is 398 g/mol. The fourth-order valence-electron chi connectivity index (χ4n) is 3.11. The fraction of sp³-hybridized carbons (Fsp3) is 0.278. The SMILES string of the molecule is Cc1cccc2sc(NC(=O)CCn3cnc4c3c(=O)n(C)c(=O)n4C)nc12. The Kier molecular flexibility index (Phi) is 4.34. The first-order valence-electron chi connectivity index (χ1n) is 8.63. The first-order valence-corrected chi connectivity index (χ1v) is 9.45. The van der Waals surface area contributed by atoms with Crippen molar-refractivity contribution in [3.63, 3.8) is 0 Å². The summed E-state index contributed by atoms with van der Waals surface area (Å²) in [6.45, 7) is 2.24. The number of benzene rings is 1. The molecule has 0 aliphatic rings. The number of carbonyl (C=O) groups is 1. The molecule has 0 fully saturated rings. The molecule has 4 aromatic rings. The molecule has 28 heavy (non-hydrogen) atoms. The molecule has 0 atom stereocenters. The van der Waals surface area contributed by atoms with Crippen LogP contribution in [-0.2, 0) is 25.4 Å². The van der Waals surface area contributed by atoms with E-state index in [1.807, 2.05) is 25.1 Å². The largest absolute Gasteiger partial charge is 0.332 e. The number of nitrogens with one attached hydrogen (secondary N) is 1. The van der Waals surface area contributed by atoms with Crippen LogP contribution in [0.3, 0.4) is 0 Å². The number of rotatable bonds is 4. The summed E-state index contributed by atoms with van der Waals surface area (Å²) in [5.41, 5.74) is 1.67. The zero-order valence-electron chi connectivity index (χ0n) is 15.6. The molecule has 144 valence electrons. The summed E-state index contributed by atoms with van der Waals surface area (Å²) in [5.74, 6) is -0.208. The lowest BCUT2D eigenvalue weighted by Gasteiger charge is -2.06. The number of hydrogen-bond acceptors (Lipinski definition) is 6. The maximum absolute atomic E-state index is 12.4. The van der Waals surface area contributed by atoms with Crippen molar-refractivity contribution in [2.75, 3.05) is 5.32 Å². The molecule has 3 aromatic heterocycles. The van der Waals surface area contributed by atoms with Gasteiger partial charge in [-0.2, -0.15) is 0 Å². The lowest BCUT2D eigenvalue weighted by atomic mass is 10.2. The number of para-hydroxylation sites is 1. The van der Waals surface area contributed by atoms with E-state index in [2.05, 4.69) is 15.3 Å². The van der Waals surface area contributed by atoms with Crippen LogP contribution in [-0.4, -0.2) is 29.6 Å². The highest BCUT2D eigenvalue weighted by Gasteiger charge is 2.15. The van der Waals surface area contributed by atoms with Gasteiger partial charge in [-0.05, 0) is 18.6 Å². The molecule has 9 nitrogen and oxygen atoms in total. The van der Waals surface area contributed by atoms with Gasteiger partial charge in [-0.1, -0.05) is 23.5 Å². The summed E-state index contributed by atoms with van der Waals surface area (Å²) < 4.78 is 4.96. The van der Waals surface area contributed by atoms with Gasteiger partial charge in [0, 0.05) is 27.1 Å². The van der Waals surface area contributed by atoms with Gasteiger partial charge < -0.3 is 9.88 Å². The molecular weight excluding hydrogens is 380 g/mol. The first-order chi connectivity index (χ1) is 13.4. The van der Waals surface area contributed by atoms with Crippen molar-refractivity contribution < 1.29 is 4.79 Å². The van der Waals surface area contributed by atoms with Crippen LogP contribution >= 0.6 is 11.3 Å². The average molecular weight is 398 g/mol. The number of imidazole rings is 1. The van der Waals surface area contributed by atoms with E-state index in [1.165, 1.54) is 29.3 Å². The number of thiazole rings is 1. The summed E-state index contributed by atoms with van der Waals surface area (Å²) in [4.78, 5) is 45.4. The van der Waals surface area contributed by atoms with Crippen LogP contribution in [0.5, 0.6) is 0 Å². The Morgan fingerprint density at radius 3 is 2.75 bits per heavy atom. The molecule has 10 heteroatoms. The van der Waals surface area contributed by atoms with E-state index in [9.17, 15) is 14.4 Å². The summed E-state index contributed by atoms with van der Waals surface area (Å²) in [7, 11) is 2.98. The second-order valence-corrected chi connectivity index (χ2v) is 7.59. The zero-order valence-corrected chi connectivity index (χ0v) is 16.4. The van der Waals surface area contributed by atoms with Crippen molar-refractivity contribution in [1.82, 2.24) is 23.7 Å². The summed E-state index contributed by atoms with van der Waals surface area (Å²) in [6, 6.07) is 5.90. The maximum Gasteiger partial charge on any atom is 0.332 e. The van der Waals surface area contributed by atoms with E-state index in [4.69, 9.17) is 0 Å². The molecular formula is C18H18N6O3S. The van der Waals surface area contributed by atoms with Gasteiger partial charge in [0.1, 0.15) is 0 Å². The van der Waals surface area contributed by atoms with Crippen LogP contribution in [0.2, 0.25) is 0 Å². The standard InChI is InChI=1S/C18H18N6O3S/c1-10-5-4-6-11-13(10)21-17(28-11)20-12(25)7-8-24-9-19-15-14(24)16(26)23(3)18(27)22(15)2/h4-6,9H,7-8H2,1-3H3,(H,20,21,25). The smallest absolute Gasteiger partial charge is 0.324 e. The van der Waals surface area contributed by atoms with Crippen molar-refractivity contribution in [2.24, 2.45) is 14.1 Å². The molecule has 0 saturated carbocycles. The lowest BCUT2D eigenvalue weighted by molar-refractivity contribution is -0.116. The highest BCUT2D eigenvalue weighted by Crippen LogP contribution is 2.27. The van der Waals surface area contributed by atoms with Gasteiger partial charge in [0.15, 0.2) is 16.3 Å². The number of carbonyl (C=O) groups excluding carboxylic acids is 1. The molecule has 0 aliphatic carbocycles. The van der Waals surface area contributed by atoms with Gasteiger partial charge in [0.2, 0.25) is 5.91 Å². The number of aryl methyl sites for hydroxylation is 3. The van der Waals surface area contributed by atoms with Crippen molar-refractivity contribution >= 4 is 43.8 Å². The predicted octanol–water partition coefficient (Wildman–Crippen LogP) is 1.38. The number of aromatic nitrogens is 5. The van der Waals surface area contributed by atoms with Crippen molar-refractivity contribution in [1.29, 1.82) is 0 Å². The zero-order chi connectivity index (χ0) is 20.0. The van der Waals surface area contributed by atoms with Crippen molar-refractivity contribution in [3.8, 4) is 0 Å². The van der Waals surface area contributed by atoms with E-state index < -0.39 is 11.2 Å². The Hall–Kier alpha value is -3.27. The predicted molar refractivity (Wildman–Crippen MR) is 108 cm³/mol. The molecule has 4 rings (SSSR count). The van der Waals surface area contributed by atoms with E-state index in [1.54, 1.807) is 11.6 Å². The van der Waals surface area contributed by atoms with Crippen molar-refractivity contribution in [3.05, 3.63) is 50.9 Å². The van der Waals surface area contributed by atoms with Gasteiger partial charge in [0.05, 0.1) is 16.5 Å². The Morgan fingerprint density at radius 1 is 1.21 bits per heavy atom. The van der Waals surface area contributed by atoms with Crippen LogP contribution in [0.1, 0.15) is 12.0 Å². The third-order valence-electron chi connectivity index (χ3n) is 4.66. The molecule has 0 saturated heterocycles. The van der Waals surface area contributed by atoms with Gasteiger partial charge >= 0.3 is 5.69 Å². The van der Waals surface area contributed by atoms with Crippen LogP contribution in [0.25, 0.3) is 21.4 Å². The number of amides is 1. The molecule has 3 heterocycles. The number of hydrogen-bond donors (Lipinski definition) is 1. The first kappa shape index (κ1) is 18.1. The summed E-state index contributed by atoms with van der Waals surface area (Å²) in [6.07, 6.45) is 1.62. The lowest BCUT2D eigenvalue weighted by Crippen LogP contribution is -2.37. The molecule has 1 amide bonds. The molecule has 1 aromatic carbocycles. The third-order valence-corrected chi connectivity index (χ3v) is 5.60. The number of anilines is 1. The Labute approximate surface area is 162 Å².